The summed E-state index contributed by atoms with van der Waals surface area (Å²) in [5.74, 6) is -1.55. The standard InChI is InChI=1S/C19H14FN5O4S/c20-15-7-2-1-6-14(15)19(27)22-16-8-9-18(24-23-16)30-11-17(26)21-12-4-3-5-13(10-12)25(28)29/h1-10H,11H2,(H,21,26)(H,22,23,27). The first-order valence-electron chi connectivity index (χ1n) is 8.49. The Kier molecular flexibility index (Phi) is 6.65. The highest BCUT2D eigenvalue weighted by Gasteiger charge is 2.12. The number of anilines is 2. The smallest absolute Gasteiger partial charge is 0.271 e. The second-order valence-corrected chi connectivity index (χ2v) is 6.83. The maximum absolute atomic E-state index is 13.6. The number of halogens is 1. The fourth-order valence-corrected chi connectivity index (χ4v) is 2.94. The van der Waals surface area contributed by atoms with E-state index in [0.29, 0.717) is 10.7 Å². The molecule has 2 N–H and O–H groups in total. The zero-order valence-electron chi connectivity index (χ0n) is 15.2. The molecule has 11 heteroatoms. The van der Waals surface area contributed by atoms with Crippen molar-refractivity contribution in [2.24, 2.45) is 0 Å². The SMILES string of the molecule is O=C(CSc1ccc(NC(=O)c2ccccc2F)nn1)Nc1cccc([N+](=O)[O-])c1. The van der Waals surface area contributed by atoms with E-state index in [-0.39, 0.29) is 28.7 Å². The molecule has 0 saturated heterocycles. The molecular weight excluding hydrogens is 413 g/mol. The molecule has 152 valence electrons. The van der Waals surface area contributed by atoms with Gasteiger partial charge in [0, 0.05) is 17.8 Å². The van der Waals surface area contributed by atoms with Crippen LogP contribution in [0.15, 0.2) is 65.7 Å². The molecule has 3 aromatic rings. The van der Waals surface area contributed by atoms with E-state index >= 15 is 0 Å². The average molecular weight is 427 g/mol. The minimum Gasteiger partial charge on any atom is -0.325 e. The van der Waals surface area contributed by atoms with E-state index < -0.39 is 16.6 Å². The molecule has 0 radical (unpaired) electrons. The summed E-state index contributed by atoms with van der Waals surface area (Å²) in [4.78, 5) is 34.3. The Hall–Kier alpha value is -3.86. The van der Waals surface area contributed by atoms with E-state index in [9.17, 15) is 24.1 Å². The van der Waals surface area contributed by atoms with Gasteiger partial charge < -0.3 is 10.6 Å². The fourth-order valence-electron chi connectivity index (χ4n) is 2.33. The summed E-state index contributed by atoms with van der Waals surface area (Å²) in [6.07, 6.45) is 0. The number of non-ortho nitro benzene ring substituents is 1. The van der Waals surface area contributed by atoms with E-state index in [4.69, 9.17) is 0 Å². The van der Waals surface area contributed by atoms with E-state index in [1.54, 1.807) is 18.2 Å². The zero-order valence-corrected chi connectivity index (χ0v) is 16.1. The molecule has 3 rings (SSSR count). The molecule has 9 nitrogen and oxygen atoms in total. The molecular formula is C19H14FN5O4S. The molecule has 0 fully saturated rings. The lowest BCUT2D eigenvalue weighted by Crippen LogP contribution is -2.15. The van der Waals surface area contributed by atoms with Gasteiger partial charge >= 0.3 is 0 Å². The molecule has 0 aliphatic heterocycles. The largest absolute Gasteiger partial charge is 0.325 e. The van der Waals surface area contributed by atoms with Crippen molar-refractivity contribution >= 4 is 40.8 Å². The number of carbonyl (C=O) groups excluding carboxylic acids is 2. The number of aromatic nitrogens is 2. The van der Waals surface area contributed by atoms with E-state index in [0.717, 1.165) is 11.8 Å². The Bertz CT molecular complexity index is 1090. The number of nitro groups is 1. The van der Waals surface area contributed by atoms with Crippen LogP contribution in [-0.2, 0) is 4.79 Å². The summed E-state index contributed by atoms with van der Waals surface area (Å²) in [7, 11) is 0. The van der Waals surface area contributed by atoms with E-state index in [1.165, 1.54) is 42.5 Å². The summed E-state index contributed by atoms with van der Waals surface area (Å²) in [6.45, 7) is 0. The predicted molar refractivity (Wildman–Crippen MR) is 109 cm³/mol. The van der Waals surface area contributed by atoms with Gasteiger partial charge in [0.25, 0.3) is 11.6 Å². The molecule has 2 amide bonds. The van der Waals surface area contributed by atoms with Gasteiger partial charge in [0.05, 0.1) is 16.2 Å². The highest BCUT2D eigenvalue weighted by Crippen LogP contribution is 2.19. The van der Waals surface area contributed by atoms with E-state index in [2.05, 4.69) is 20.8 Å². The van der Waals surface area contributed by atoms with Crippen LogP contribution in [0.3, 0.4) is 0 Å². The minimum absolute atomic E-state index is 0.00168. The van der Waals surface area contributed by atoms with Crippen molar-refractivity contribution < 1.29 is 18.9 Å². The van der Waals surface area contributed by atoms with Gasteiger partial charge in [-0.1, -0.05) is 30.0 Å². The van der Waals surface area contributed by atoms with Crippen molar-refractivity contribution in [2.45, 2.75) is 5.03 Å². The lowest BCUT2D eigenvalue weighted by molar-refractivity contribution is -0.384. The number of thioether (sulfide) groups is 1. The minimum atomic E-state index is -0.654. The van der Waals surface area contributed by atoms with Gasteiger partial charge in [0.15, 0.2) is 5.82 Å². The molecule has 0 atom stereocenters. The number of nitrogens with one attached hydrogen (secondary N) is 2. The maximum atomic E-state index is 13.6. The first kappa shape index (κ1) is 20.9. The molecule has 0 spiro atoms. The average Bonchev–Trinajstić information content (AvgIpc) is 2.73. The van der Waals surface area contributed by atoms with E-state index in [1.807, 2.05) is 0 Å². The number of hydrogen-bond acceptors (Lipinski definition) is 7. The van der Waals surface area contributed by atoms with Crippen molar-refractivity contribution in [1.29, 1.82) is 0 Å². The van der Waals surface area contributed by atoms with Crippen molar-refractivity contribution in [3.8, 4) is 0 Å². The highest BCUT2D eigenvalue weighted by atomic mass is 32.2. The van der Waals surface area contributed by atoms with Crippen molar-refractivity contribution in [2.75, 3.05) is 16.4 Å². The normalized spacial score (nSPS) is 10.3. The predicted octanol–water partition coefficient (Wildman–Crippen LogP) is 3.51. The topological polar surface area (TPSA) is 127 Å². The highest BCUT2D eigenvalue weighted by molar-refractivity contribution is 7.99. The van der Waals surface area contributed by atoms with Crippen molar-refractivity contribution in [3.05, 3.63) is 82.2 Å². The first-order valence-corrected chi connectivity index (χ1v) is 9.47. The van der Waals surface area contributed by atoms with Crippen LogP contribution in [0.4, 0.5) is 21.6 Å². The number of rotatable bonds is 7. The fraction of sp³-hybridized carbons (Fsp3) is 0.0526. The van der Waals surface area contributed by atoms with Crippen LogP contribution in [0.5, 0.6) is 0 Å². The Morgan fingerprint density at radius 3 is 2.53 bits per heavy atom. The van der Waals surface area contributed by atoms with Crippen LogP contribution < -0.4 is 10.6 Å². The van der Waals surface area contributed by atoms with Crippen LogP contribution in [0, 0.1) is 15.9 Å². The molecule has 1 aromatic heterocycles. The summed E-state index contributed by atoms with van der Waals surface area (Å²) < 4.78 is 13.6. The summed E-state index contributed by atoms with van der Waals surface area (Å²) >= 11 is 1.09. The summed E-state index contributed by atoms with van der Waals surface area (Å²) in [6, 6.07) is 14.2. The zero-order chi connectivity index (χ0) is 21.5. The number of carbonyl (C=O) groups is 2. The van der Waals surface area contributed by atoms with Crippen LogP contribution in [-0.4, -0.2) is 32.7 Å². The Labute approximate surface area is 173 Å². The lowest BCUT2D eigenvalue weighted by Gasteiger charge is -2.06. The molecule has 0 saturated carbocycles. The molecule has 2 aromatic carbocycles. The molecule has 0 aliphatic rings. The van der Waals surface area contributed by atoms with Crippen LogP contribution >= 0.6 is 11.8 Å². The molecule has 1 heterocycles. The van der Waals surface area contributed by atoms with Gasteiger partial charge in [-0.3, -0.25) is 19.7 Å². The number of benzene rings is 2. The molecule has 0 bridgehead atoms. The second-order valence-electron chi connectivity index (χ2n) is 5.84. The van der Waals surface area contributed by atoms with Gasteiger partial charge in [-0.05, 0) is 30.3 Å². The monoisotopic (exact) mass is 427 g/mol. The quantitative estimate of drug-likeness (QED) is 0.335. The molecule has 0 aliphatic carbocycles. The van der Waals surface area contributed by atoms with Crippen molar-refractivity contribution in [3.63, 3.8) is 0 Å². The van der Waals surface area contributed by atoms with Crippen LogP contribution in [0.25, 0.3) is 0 Å². The van der Waals surface area contributed by atoms with Gasteiger partial charge in [-0.25, -0.2) is 4.39 Å². The third-order valence-corrected chi connectivity index (χ3v) is 4.61. The molecule has 0 unspecified atom stereocenters. The Morgan fingerprint density at radius 1 is 1.03 bits per heavy atom. The van der Waals surface area contributed by atoms with Crippen LogP contribution in [0.1, 0.15) is 10.4 Å². The first-order chi connectivity index (χ1) is 14.4. The summed E-state index contributed by atoms with van der Waals surface area (Å²) in [5, 5.41) is 23.9. The molecule has 30 heavy (non-hydrogen) atoms. The number of hydrogen-bond donors (Lipinski definition) is 2. The van der Waals surface area contributed by atoms with Crippen molar-refractivity contribution in [1.82, 2.24) is 10.2 Å². The number of nitro benzene ring substituents is 1. The number of amides is 2. The van der Waals surface area contributed by atoms with Crippen LogP contribution in [0.2, 0.25) is 0 Å². The third-order valence-electron chi connectivity index (χ3n) is 3.69. The van der Waals surface area contributed by atoms with Gasteiger partial charge in [0.2, 0.25) is 5.91 Å². The lowest BCUT2D eigenvalue weighted by atomic mass is 10.2. The van der Waals surface area contributed by atoms with Gasteiger partial charge in [-0.2, -0.15) is 0 Å². The van der Waals surface area contributed by atoms with Gasteiger partial charge in [0.1, 0.15) is 10.8 Å². The second kappa shape index (κ2) is 9.56. The van der Waals surface area contributed by atoms with Gasteiger partial charge in [-0.15, -0.1) is 10.2 Å². The number of nitrogens with zero attached hydrogens (tertiary/aromatic N) is 3. The third kappa shape index (κ3) is 5.58. The Morgan fingerprint density at radius 2 is 1.83 bits per heavy atom. The maximum Gasteiger partial charge on any atom is 0.271 e. The Balaban J connectivity index is 1.52. The summed E-state index contributed by atoms with van der Waals surface area (Å²) in [5.41, 5.74) is 0.0713.